The first kappa shape index (κ1) is 13.0. The van der Waals surface area contributed by atoms with E-state index in [-0.39, 0.29) is 11.3 Å². The Kier molecular flexibility index (Phi) is 2.92. The van der Waals surface area contributed by atoms with Gasteiger partial charge in [-0.1, -0.05) is 0 Å². The SMILES string of the molecule is O=Cc1c(N2CCCC2)nc2c(C(F)(F)F)cccn12. The molecule has 0 bridgehead atoms. The topological polar surface area (TPSA) is 37.6 Å². The molecular formula is C13H12F3N3O. The monoisotopic (exact) mass is 283 g/mol. The molecule has 1 aliphatic rings. The van der Waals surface area contributed by atoms with E-state index in [9.17, 15) is 18.0 Å². The van der Waals surface area contributed by atoms with Crippen LogP contribution in [0.1, 0.15) is 28.9 Å². The standard InChI is InChI=1S/C13H12F3N3O/c14-13(15,16)9-4-3-7-19-10(8-20)12(17-11(9)19)18-5-1-2-6-18/h3-4,7-8H,1-2,5-6H2. The summed E-state index contributed by atoms with van der Waals surface area (Å²) in [5.74, 6) is 0.342. The number of halogens is 3. The molecule has 106 valence electrons. The van der Waals surface area contributed by atoms with Gasteiger partial charge >= 0.3 is 6.18 Å². The second kappa shape index (κ2) is 4.50. The van der Waals surface area contributed by atoms with E-state index in [4.69, 9.17) is 0 Å². The molecule has 0 saturated carbocycles. The van der Waals surface area contributed by atoms with E-state index in [1.54, 1.807) is 0 Å². The third-order valence-corrected chi connectivity index (χ3v) is 3.49. The Morgan fingerprint density at radius 1 is 1.25 bits per heavy atom. The van der Waals surface area contributed by atoms with Crippen molar-refractivity contribution < 1.29 is 18.0 Å². The van der Waals surface area contributed by atoms with Crippen LogP contribution in [0.3, 0.4) is 0 Å². The van der Waals surface area contributed by atoms with Crippen LogP contribution in [0.2, 0.25) is 0 Å². The molecule has 1 fully saturated rings. The van der Waals surface area contributed by atoms with Crippen molar-refractivity contribution in [2.45, 2.75) is 19.0 Å². The van der Waals surface area contributed by atoms with Crippen LogP contribution in [0.4, 0.5) is 19.0 Å². The highest BCUT2D eigenvalue weighted by Crippen LogP contribution is 2.34. The van der Waals surface area contributed by atoms with Gasteiger partial charge in [-0.05, 0) is 25.0 Å². The molecule has 0 radical (unpaired) electrons. The number of hydrogen-bond donors (Lipinski definition) is 0. The number of pyridine rings is 1. The lowest BCUT2D eigenvalue weighted by Gasteiger charge is -2.14. The van der Waals surface area contributed by atoms with Crippen LogP contribution < -0.4 is 4.90 Å². The third kappa shape index (κ3) is 1.93. The molecule has 4 nitrogen and oxygen atoms in total. The smallest absolute Gasteiger partial charge is 0.355 e. The van der Waals surface area contributed by atoms with E-state index in [1.807, 2.05) is 4.90 Å². The van der Waals surface area contributed by atoms with Gasteiger partial charge in [-0.2, -0.15) is 13.2 Å². The summed E-state index contributed by atoms with van der Waals surface area (Å²) in [6.07, 6.45) is -0.582. The zero-order valence-electron chi connectivity index (χ0n) is 10.5. The van der Waals surface area contributed by atoms with Crippen molar-refractivity contribution in [2.75, 3.05) is 18.0 Å². The lowest BCUT2D eigenvalue weighted by Crippen LogP contribution is -2.19. The zero-order chi connectivity index (χ0) is 14.3. The highest BCUT2D eigenvalue weighted by atomic mass is 19.4. The normalized spacial score (nSPS) is 16.1. The van der Waals surface area contributed by atoms with Gasteiger partial charge in [0.15, 0.2) is 17.8 Å². The Morgan fingerprint density at radius 3 is 2.55 bits per heavy atom. The van der Waals surface area contributed by atoms with Gasteiger partial charge in [0.25, 0.3) is 0 Å². The number of nitrogens with zero attached hydrogens (tertiary/aromatic N) is 3. The number of alkyl halides is 3. The molecule has 7 heteroatoms. The molecule has 0 aliphatic carbocycles. The Hall–Kier alpha value is -2.05. The second-order valence-corrected chi connectivity index (χ2v) is 4.75. The first-order chi connectivity index (χ1) is 9.52. The minimum Gasteiger partial charge on any atom is -0.355 e. The predicted octanol–water partition coefficient (Wildman–Crippen LogP) is 2.77. The van der Waals surface area contributed by atoms with Crippen LogP contribution in [0, 0.1) is 0 Å². The van der Waals surface area contributed by atoms with Crippen LogP contribution in [0.25, 0.3) is 5.65 Å². The minimum atomic E-state index is -4.49. The summed E-state index contributed by atoms with van der Waals surface area (Å²) in [5.41, 5.74) is -0.870. The van der Waals surface area contributed by atoms with Gasteiger partial charge in [-0.15, -0.1) is 0 Å². The average molecular weight is 283 g/mol. The molecular weight excluding hydrogens is 271 g/mol. The van der Waals surface area contributed by atoms with Gasteiger partial charge < -0.3 is 4.90 Å². The number of aromatic nitrogens is 2. The molecule has 0 spiro atoms. The maximum Gasteiger partial charge on any atom is 0.419 e. The van der Waals surface area contributed by atoms with E-state index >= 15 is 0 Å². The van der Waals surface area contributed by atoms with Crippen molar-refractivity contribution in [1.29, 1.82) is 0 Å². The fourth-order valence-corrected chi connectivity index (χ4v) is 2.57. The summed E-state index contributed by atoms with van der Waals surface area (Å²) in [6.45, 7) is 1.43. The molecule has 0 unspecified atom stereocenters. The Bertz CT molecular complexity index is 657. The quantitative estimate of drug-likeness (QED) is 0.795. The van der Waals surface area contributed by atoms with Gasteiger partial charge in [-0.25, -0.2) is 4.98 Å². The fourth-order valence-electron chi connectivity index (χ4n) is 2.57. The highest BCUT2D eigenvalue weighted by Gasteiger charge is 2.35. The predicted molar refractivity (Wildman–Crippen MR) is 67.0 cm³/mol. The first-order valence-corrected chi connectivity index (χ1v) is 6.31. The van der Waals surface area contributed by atoms with Crippen molar-refractivity contribution in [3.05, 3.63) is 29.6 Å². The van der Waals surface area contributed by atoms with Gasteiger partial charge in [0, 0.05) is 19.3 Å². The van der Waals surface area contributed by atoms with Crippen LogP contribution in [-0.2, 0) is 6.18 Å². The number of hydrogen-bond acceptors (Lipinski definition) is 3. The van der Waals surface area contributed by atoms with Crippen LogP contribution in [0.15, 0.2) is 18.3 Å². The van der Waals surface area contributed by atoms with Gasteiger partial charge in [0.1, 0.15) is 5.69 Å². The Morgan fingerprint density at radius 2 is 1.95 bits per heavy atom. The number of anilines is 1. The summed E-state index contributed by atoms with van der Waals surface area (Å²) in [7, 11) is 0. The molecule has 20 heavy (non-hydrogen) atoms. The van der Waals surface area contributed by atoms with E-state index in [1.165, 1.54) is 16.7 Å². The van der Waals surface area contributed by atoms with E-state index < -0.39 is 11.7 Å². The van der Waals surface area contributed by atoms with Gasteiger partial charge in [0.05, 0.1) is 5.56 Å². The molecule has 3 rings (SSSR count). The third-order valence-electron chi connectivity index (χ3n) is 3.49. The lowest BCUT2D eigenvalue weighted by molar-refractivity contribution is -0.136. The molecule has 3 heterocycles. The number of rotatable bonds is 2. The number of imidazole rings is 1. The molecule has 0 aromatic carbocycles. The van der Waals surface area contributed by atoms with Crippen molar-refractivity contribution in [3.8, 4) is 0 Å². The number of carbonyl (C=O) groups is 1. The van der Waals surface area contributed by atoms with Gasteiger partial charge in [0.2, 0.25) is 0 Å². The molecule has 2 aromatic heterocycles. The number of carbonyl (C=O) groups excluding carboxylic acids is 1. The fraction of sp³-hybridized carbons (Fsp3) is 0.385. The Balaban J connectivity index is 2.25. The maximum atomic E-state index is 13.0. The average Bonchev–Trinajstić information content (AvgIpc) is 3.03. The van der Waals surface area contributed by atoms with Crippen LogP contribution >= 0.6 is 0 Å². The summed E-state index contributed by atoms with van der Waals surface area (Å²) >= 11 is 0. The Labute approximate surface area is 112 Å². The van der Waals surface area contributed by atoms with E-state index in [0.717, 1.165) is 18.9 Å². The van der Waals surface area contributed by atoms with Gasteiger partial charge in [-0.3, -0.25) is 9.20 Å². The molecule has 1 saturated heterocycles. The summed E-state index contributed by atoms with van der Waals surface area (Å²) in [5, 5.41) is 0. The van der Waals surface area contributed by atoms with E-state index in [0.29, 0.717) is 25.2 Å². The number of fused-ring (bicyclic) bond motifs is 1. The van der Waals surface area contributed by atoms with Crippen molar-refractivity contribution in [2.24, 2.45) is 0 Å². The minimum absolute atomic E-state index is 0.174. The summed E-state index contributed by atoms with van der Waals surface area (Å²) < 4.78 is 40.2. The lowest BCUT2D eigenvalue weighted by atomic mass is 10.2. The van der Waals surface area contributed by atoms with Crippen molar-refractivity contribution in [1.82, 2.24) is 9.38 Å². The summed E-state index contributed by atoms with van der Waals surface area (Å²) in [6, 6.07) is 2.25. The van der Waals surface area contributed by atoms with Crippen molar-refractivity contribution in [3.63, 3.8) is 0 Å². The van der Waals surface area contributed by atoms with Crippen LogP contribution in [-0.4, -0.2) is 28.8 Å². The number of aldehydes is 1. The first-order valence-electron chi connectivity index (χ1n) is 6.31. The maximum absolute atomic E-state index is 13.0. The highest BCUT2D eigenvalue weighted by molar-refractivity contribution is 5.84. The largest absolute Gasteiger partial charge is 0.419 e. The van der Waals surface area contributed by atoms with Crippen LogP contribution in [0.5, 0.6) is 0 Å². The molecule has 0 amide bonds. The zero-order valence-corrected chi connectivity index (χ0v) is 10.5. The summed E-state index contributed by atoms with van der Waals surface area (Å²) in [4.78, 5) is 17.2. The molecule has 2 aromatic rings. The molecule has 1 aliphatic heterocycles. The second-order valence-electron chi connectivity index (χ2n) is 4.75. The molecule has 0 N–H and O–H groups in total. The van der Waals surface area contributed by atoms with E-state index in [2.05, 4.69) is 4.98 Å². The van der Waals surface area contributed by atoms with Crippen molar-refractivity contribution >= 4 is 17.8 Å². The molecule has 0 atom stereocenters.